The molecular weight excluding hydrogens is 240 g/mol. The molecule has 0 heterocycles. The lowest BCUT2D eigenvalue weighted by Gasteiger charge is -2.10. The molecule has 0 aliphatic heterocycles. The Balaban J connectivity index is 2.98. The Morgan fingerprint density at radius 3 is 2.65 bits per heavy atom. The van der Waals surface area contributed by atoms with E-state index in [0.29, 0.717) is 12.3 Å². The van der Waals surface area contributed by atoms with Gasteiger partial charge in [0.2, 0.25) is 10.0 Å². The van der Waals surface area contributed by atoms with Crippen molar-refractivity contribution in [2.24, 2.45) is 5.14 Å². The van der Waals surface area contributed by atoms with E-state index >= 15 is 0 Å². The molecule has 0 aromatic heterocycles. The summed E-state index contributed by atoms with van der Waals surface area (Å²) < 4.78 is 27.6. The van der Waals surface area contributed by atoms with E-state index in [2.05, 4.69) is 12.2 Å². The van der Waals surface area contributed by atoms with E-state index in [4.69, 9.17) is 9.88 Å². The normalized spacial score (nSPS) is 11.5. The molecule has 6 heteroatoms. The van der Waals surface area contributed by atoms with Crippen LogP contribution in [0.25, 0.3) is 0 Å². The van der Waals surface area contributed by atoms with Crippen LogP contribution in [0.4, 0.5) is 0 Å². The topological polar surface area (TPSA) is 81.4 Å². The molecule has 1 aromatic rings. The van der Waals surface area contributed by atoms with E-state index < -0.39 is 10.0 Å². The lowest BCUT2D eigenvalue weighted by Crippen LogP contribution is -2.16. The monoisotopic (exact) mass is 258 g/mol. The van der Waals surface area contributed by atoms with Gasteiger partial charge in [0.15, 0.2) is 0 Å². The van der Waals surface area contributed by atoms with Gasteiger partial charge in [-0.15, -0.1) is 0 Å². The molecule has 5 nitrogen and oxygen atoms in total. The van der Waals surface area contributed by atoms with E-state index in [1.165, 1.54) is 12.1 Å². The quantitative estimate of drug-likeness (QED) is 0.741. The van der Waals surface area contributed by atoms with Crippen LogP contribution in [0, 0.1) is 0 Å². The average Bonchev–Trinajstić information content (AvgIpc) is 2.28. The van der Waals surface area contributed by atoms with Gasteiger partial charge in [0.05, 0.1) is 12.0 Å². The van der Waals surface area contributed by atoms with Crippen molar-refractivity contribution in [1.82, 2.24) is 5.32 Å². The zero-order chi connectivity index (χ0) is 12.9. The SMILES string of the molecule is CCCNCc1cc(S(N)(=O)=O)ccc1OC. The fraction of sp³-hybridized carbons (Fsp3) is 0.455. The van der Waals surface area contributed by atoms with Crippen LogP contribution in [0.2, 0.25) is 0 Å². The summed E-state index contributed by atoms with van der Waals surface area (Å²) in [5.74, 6) is 0.654. The summed E-state index contributed by atoms with van der Waals surface area (Å²) in [5, 5.41) is 8.27. The van der Waals surface area contributed by atoms with Gasteiger partial charge in [-0.25, -0.2) is 13.6 Å². The number of hydrogen-bond donors (Lipinski definition) is 2. The minimum Gasteiger partial charge on any atom is -0.496 e. The molecule has 0 bridgehead atoms. The number of methoxy groups -OCH3 is 1. The number of ether oxygens (including phenoxy) is 1. The van der Waals surface area contributed by atoms with Crippen LogP contribution in [-0.2, 0) is 16.6 Å². The van der Waals surface area contributed by atoms with E-state index in [1.807, 2.05) is 0 Å². The highest BCUT2D eigenvalue weighted by molar-refractivity contribution is 7.89. The predicted octanol–water partition coefficient (Wildman–Crippen LogP) is 0.842. The number of primary sulfonamides is 1. The second kappa shape index (κ2) is 6.00. The number of nitrogens with two attached hydrogens (primary N) is 1. The smallest absolute Gasteiger partial charge is 0.238 e. The molecule has 0 atom stereocenters. The molecule has 0 saturated carbocycles. The summed E-state index contributed by atoms with van der Waals surface area (Å²) >= 11 is 0. The Bertz CT molecular complexity index is 472. The Morgan fingerprint density at radius 2 is 2.12 bits per heavy atom. The molecule has 1 rings (SSSR count). The number of rotatable bonds is 6. The van der Waals surface area contributed by atoms with Crippen LogP contribution in [0.5, 0.6) is 5.75 Å². The van der Waals surface area contributed by atoms with Crippen molar-refractivity contribution in [3.8, 4) is 5.75 Å². The fourth-order valence-electron chi connectivity index (χ4n) is 1.47. The maximum Gasteiger partial charge on any atom is 0.238 e. The summed E-state index contributed by atoms with van der Waals surface area (Å²) in [4.78, 5) is 0.103. The minimum atomic E-state index is -3.66. The molecule has 17 heavy (non-hydrogen) atoms. The highest BCUT2D eigenvalue weighted by atomic mass is 32.2. The van der Waals surface area contributed by atoms with Gasteiger partial charge in [-0.2, -0.15) is 0 Å². The molecule has 96 valence electrons. The number of hydrogen-bond acceptors (Lipinski definition) is 4. The van der Waals surface area contributed by atoms with Crippen LogP contribution in [-0.4, -0.2) is 22.1 Å². The Hall–Kier alpha value is -1.11. The second-order valence-electron chi connectivity index (χ2n) is 3.70. The van der Waals surface area contributed by atoms with Gasteiger partial charge in [0.25, 0.3) is 0 Å². The van der Waals surface area contributed by atoms with Crippen LogP contribution in [0.3, 0.4) is 0 Å². The zero-order valence-electron chi connectivity index (χ0n) is 10.1. The third-order valence-corrected chi connectivity index (χ3v) is 3.23. The van der Waals surface area contributed by atoms with Gasteiger partial charge in [-0.05, 0) is 31.2 Å². The van der Waals surface area contributed by atoms with Gasteiger partial charge in [-0.3, -0.25) is 0 Å². The average molecular weight is 258 g/mol. The van der Waals surface area contributed by atoms with Crippen LogP contribution < -0.4 is 15.2 Å². The third kappa shape index (κ3) is 3.99. The van der Waals surface area contributed by atoms with E-state index in [1.54, 1.807) is 13.2 Å². The van der Waals surface area contributed by atoms with Gasteiger partial charge in [-0.1, -0.05) is 6.92 Å². The van der Waals surface area contributed by atoms with Gasteiger partial charge >= 0.3 is 0 Å². The Morgan fingerprint density at radius 1 is 1.41 bits per heavy atom. The molecule has 0 aliphatic carbocycles. The van der Waals surface area contributed by atoms with Gasteiger partial charge < -0.3 is 10.1 Å². The number of nitrogens with one attached hydrogen (secondary N) is 1. The van der Waals surface area contributed by atoms with Crippen molar-refractivity contribution in [1.29, 1.82) is 0 Å². The highest BCUT2D eigenvalue weighted by Gasteiger charge is 2.11. The maximum atomic E-state index is 11.2. The summed E-state index contributed by atoms with van der Waals surface area (Å²) in [7, 11) is -2.11. The molecule has 0 amide bonds. The largest absolute Gasteiger partial charge is 0.496 e. The van der Waals surface area contributed by atoms with E-state index in [0.717, 1.165) is 18.5 Å². The molecule has 0 saturated heterocycles. The van der Waals surface area contributed by atoms with Crippen LogP contribution >= 0.6 is 0 Å². The number of sulfonamides is 1. The van der Waals surface area contributed by atoms with Crippen molar-refractivity contribution in [2.45, 2.75) is 24.8 Å². The van der Waals surface area contributed by atoms with Crippen molar-refractivity contribution in [2.75, 3.05) is 13.7 Å². The lowest BCUT2D eigenvalue weighted by atomic mass is 10.2. The van der Waals surface area contributed by atoms with Crippen molar-refractivity contribution >= 4 is 10.0 Å². The van der Waals surface area contributed by atoms with Crippen molar-refractivity contribution in [3.63, 3.8) is 0 Å². The van der Waals surface area contributed by atoms with Crippen molar-refractivity contribution in [3.05, 3.63) is 23.8 Å². The zero-order valence-corrected chi connectivity index (χ0v) is 10.9. The molecule has 0 spiro atoms. The van der Waals surface area contributed by atoms with Crippen LogP contribution in [0.15, 0.2) is 23.1 Å². The minimum absolute atomic E-state index is 0.103. The third-order valence-electron chi connectivity index (χ3n) is 2.32. The fourth-order valence-corrected chi connectivity index (χ4v) is 2.03. The Labute approximate surface area is 102 Å². The summed E-state index contributed by atoms with van der Waals surface area (Å²) in [6.07, 6.45) is 1.01. The molecule has 1 aromatic carbocycles. The van der Waals surface area contributed by atoms with Crippen LogP contribution in [0.1, 0.15) is 18.9 Å². The number of benzene rings is 1. The van der Waals surface area contributed by atoms with E-state index in [-0.39, 0.29) is 4.90 Å². The Kier molecular flexibility index (Phi) is 4.92. The first-order valence-electron chi connectivity index (χ1n) is 5.39. The van der Waals surface area contributed by atoms with Crippen molar-refractivity contribution < 1.29 is 13.2 Å². The molecule has 0 radical (unpaired) electrons. The standard InChI is InChI=1S/C11H18N2O3S/c1-3-6-13-8-9-7-10(17(12,14)15)4-5-11(9)16-2/h4-5,7,13H,3,6,8H2,1-2H3,(H2,12,14,15). The summed E-state index contributed by atoms with van der Waals surface area (Å²) in [5.41, 5.74) is 0.785. The highest BCUT2D eigenvalue weighted by Crippen LogP contribution is 2.21. The van der Waals surface area contributed by atoms with E-state index in [9.17, 15) is 8.42 Å². The predicted molar refractivity (Wildman–Crippen MR) is 66.4 cm³/mol. The summed E-state index contributed by atoms with van der Waals surface area (Å²) in [6, 6.07) is 4.59. The maximum absolute atomic E-state index is 11.2. The molecule has 0 fully saturated rings. The molecule has 0 aliphatic rings. The molecule has 0 unspecified atom stereocenters. The molecule has 3 N–H and O–H groups in total. The first-order valence-corrected chi connectivity index (χ1v) is 6.94. The second-order valence-corrected chi connectivity index (χ2v) is 5.26. The van der Waals surface area contributed by atoms with Gasteiger partial charge in [0.1, 0.15) is 5.75 Å². The summed E-state index contributed by atoms with van der Waals surface area (Å²) in [6.45, 7) is 3.48. The first kappa shape index (κ1) is 14.0. The molecular formula is C11H18N2O3S. The van der Waals surface area contributed by atoms with Gasteiger partial charge in [0, 0.05) is 12.1 Å². The first-order chi connectivity index (χ1) is 7.99. The lowest BCUT2D eigenvalue weighted by molar-refractivity contribution is 0.407.